The van der Waals surface area contributed by atoms with Crippen molar-refractivity contribution < 1.29 is 43.0 Å². The van der Waals surface area contributed by atoms with Crippen molar-refractivity contribution in [1.29, 1.82) is 0 Å². The summed E-state index contributed by atoms with van der Waals surface area (Å²) in [6.45, 7) is 4.54. The van der Waals surface area contributed by atoms with E-state index >= 15 is 0 Å². The zero-order valence-electron chi connectivity index (χ0n) is 27.3. The Bertz CT molecular complexity index is 1600. The highest BCUT2D eigenvalue weighted by Gasteiger charge is 2.43. The molecule has 0 radical (unpaired) electrons. The predicted molar refractivity (Wildman–Crippen MR) is 181 cm³/mol. The van der Waals surface area contributed by atoms with E-state index in [2.05, 4.69) is 4.90 Å². The highest BCUT2D eigenvalue weighted by Crippen LogP contribution is 2.53. The summed E-state index contributed by atoms with van der Waals surface area (Å²) in [7, 11) is 1.99. The van der Waals surface area contributed by atoms with E-state index in [0.29, 0.717) is 101 Å². The number of hydrogen-bond acceptors (Lipinski definition) is 10. The Morgan fingerprint density at radius 1 is 0.458 bits per heavy atom. The van der Waals surface area contributed by atoms with E-state index < -0.39 is 5.60 Å². The molecular weight excluding hydrogens is 614 g/mol. The molecule has 0 fully saturated rings. The summed E-state index contributed by atoms with van der Waals surface area (Å²) in [4.78, 5) is 2.07. The smallest absolute Gasteiger partial charge is 0.163 e. The molecule has 2 aliphatic rings. The summed E-state index contributed by atoms with van der Waals surface area (Å²) < 4.78 is 47.2. The SMILES string of the molecule is CN1c2ccccc2C(O)(c2ccccc2)c2cc3c(cc21)OCCOCCOCCOc1ccccc1OCCOCCOCCO3. The first-order valence-electron chi connectivity index (χ1n) is 16.4. The van der Waals surface area contributed by atoms with Crippen LogP contribution in [0.25, 0.3) is 0 Å². The fourth-order valence-corrected chi connectivity index (χ4v) is 5.85. The number of ether oxygens (including phenoxy) is 8. The molecule has 0 aliphatic carbocycles. The Balaban J connectivity index is 1.18. The third kappa shape index (κ3) is 7.86. The number of benzene rings is 4. The standard InChI is InChI=1S/C38H43NO9/c1-39-32-12-6-5-11-30(32)38(40,29-9-3-2-4-10-29)31-27-36-37(28-33(31)39)48-26-22-44-18-16-42-20-24-46-35-14-8-7-13-34(35)45-23-19-41-15-17-43-21-25-47-36/h2-14,27-28,40H,15-26H2,1H3. The molecule has 0 bridgehead atoms. The highest BCUT2D eigenvalue weighted by atomic mass is 16.6. The number of aliphatic hydroxyl groups is 1. The molecule has 4 aromatic carbocycles. The Kier molecular flexibility index (Phi) is 11.7. The summed E-state index contributed by atoms with van der Waals surface area (Å²) >= 11 is 0. The number of para-hydroxylation sites is 3. The Labute approximate surface area is 281 Å². The molecule has 1 N–H and O–H groups in total. The zero-order valence-corrected chi connectivity index (χ0v) is 27.3. The molecule has 0 saturated carbocycles. The largest absolute Gasteiger partial charge is 0.487 e. The van der Waals surface area contributed by atoms with Crippen molar-refractivity contribution in [2.75, 3.05) is 91.2 Å². The van der Waals surface area contributed by atoms with Crippen molar-refractivity contribution in [3.63, 3.8) is 0 Å². The normalized spacial score (nSPS) is 20.1. The first-order valence-corrected chi connectivity index (χ1v) is 16.4. The summed E-state index contributed by atoms with van der Waals surface area (Å²) in [6, 6.07) is 28.9. The number of nitrogens with zero attached hydrogens (tertiary/aromatic N) is 1. The summed E-state index contributed by atoms with van der Waals surface area (Å²) in [5.74, 6) is 2.37. The van der Waals surface area contributed by atoms with Gasteiger partial charge in [-0.15, -0.1) is 0 Å². The highest BCUT2D eigenvalue weighted by molar-refractivity contribution is 5.81. The molecule has 0 amide bonds. The number of hydrogen-bond donors (Lipinski definition) is 1. The minimum absolute atomic E-state index is 0.277. The van der Waals surface area contributed by atoms with E-state index in [1.54, 1.807) is 0 Å². The van der Waals surface area contributed by atoms with Crippen LogP contribution in [0.4, 0.5) is 11.4 Å². The van der Waals surface area contributed by atoms with Crippen LogP contribution in [0.15, 0.2) is 91.0 Å². The quantitative estimate of drug-likeness (QED) is 0.289. The molecule has 4 aromatic rings. The van der Waals surface area contributed by atoms with Gasteiger partial charge in [-0.05, 0) is 29.8 Å². The maximum Gasteiger partial charge on any atom is 0.163 e. The molecule has 1 unspecified atom stereocenters. The van der Waals surface area contributed by atoms with Crippen LogP contribution in [0.5, 0.6) is 23.0 Å². The van der Waals surface area contributed by atoms with Crippen molar-refractivity contribution in [3.05, 3.63) is 108 Å². The summed E-state index contributed by atoms with van der Waals surface area (Å²) in [6.07, 6.45) is 0. The van der Waals surface area contributed by atoms with Crippen molar-refractivity contribution >= 4 is 11.4 Å². The van der Waals surface area contributed by atoms with E-state index in [1.165, 1.54) is 0 Å². The summed E-state index contributed by atoms with van der Waals surface area (Å²) in [5, 5.41) is 12.6. The molecule has 2 heterocycles. The van der Waals surface area contributed by atoms with E-state index in [-0.39, 0.29) is 6.61 Å². The topological polar surface area (TPSA) is 97.3 Å². The van der Waals surface area contributed by atoms with Crippen LogP contribution in [-0.2, 0) is 24.5 Å². The first kappa shape index (κ1) is 33.6. The molecule has 254 valence electrons. The molecular formula is C38H43NO9. The van der Waals surface area contributed by atoms with Gasteiger partial charge in [-0.2, -0.15) is 0 Å². The van der Waals surface area contributed by atoms with E-state index in [9.17, 15) is 5.11 Å². The number of fused-ring (bicyclic) bond motifs is 4. The predicted octanol–water partition coefficient (Wildman–Crippen LogP) is 5.35. The van der Waals surface area contributed by atoms with Gasteiger partial charge in [0, 0.05) is 29.9 Å². The van der Waals surface area contributed by atoms with Gasteiger partial charge in [0.05, 0.1) is 58.5 Å². The molecule has 48 heavy (non-hydrogen) atoms. The van der Waals surface area contributed by atoms with E-state index in [4.69, 9.17) is 37.9 Å². The molecule has 6 rings (SSSR count). The van der Waals surface area contributed by atoms with Crippen molar-refractivity contribution in [1.82, 2.24) is 0 Å². The maximum atomic E-state index is 12.6. The lowest BCUT2D eigenvalue weighted by molar-refractivity contribution is 0.0223. The van der Waals surface area contributed by atoms with Gasteiger partial charge in [-0.3, -0.25) is 0 Å². The van der Waals surface area contributed by atoms with Crippen LogP contribution >= 0.6 is 0 Å². The average molecular weight is 658 g/mol. The minimum atomic E-state index is -1.41. The van der Waals surface area contributed by atoms with E-state index in [1.807, 2.05) is 98.0 Å². The molecule has 10 heteroatoms. The third-order valence-corrected chi connectivity index (χ3v) is 8.19. The van der Waals surface area contributed by atoms with Crippen molar-refractivity contribution in [2.45, 2.75) is 5.60 Å². The Morgan fingerprint density at radius 3 is 1.46 bits per heavy atom. The maximum absolute atomic E-state index is 12.6. The van der Waals surface area contributed by atoms with Gasteiger partial charge in [0.15, 0.2) is 23.0 Å². The van der Waals surface area contributed by atoms with Crippen LogP contribution in [0.2, 0.25) is 0 Å². The lowest BCUT2D eigenvalue weighted by Crippen LogP contribution is -2.36. The van der Waals surface area contributed by atoms with Crippen LogP contribution in [-0.4, -0.2) is 91.4 Å². The van der Waals surface area contributed by atoms with Crippen molar-refractivity contribution in [3.8, 4) is 23.0 Å². The monoisotopic (exact) mass is 657 g/mol. The zero-order chi connectivity index (χ0) is 33.0. The van der Waals surface area contributed by atoms with Gasteiger partial charge in [0.1, 0.15) is 32.0 Å². The van der Waals surface area contributed by atoms with Crippen LogP contribution < -0.4 is 23.8 Å². The second-order valence-electron chi connectivity index (χ2n) is 11.3. The molecule has 1 atom stereocenters. The van der Waals surface area contributed by atoms with Gasteiger partial charge >= 0.3 is 0 Å². The second kappa shape index (κ2) is 16.7. The molecule has 0 spiro atoms. The fraction of sp³-hybridized carbons (Fsp3) is 0.368. The summed E-state index contributed by atoms with van der Waals surface area (Å²) in [5.41, 5.74) is 2.55. The van der Waals surface area contributed by atoms with Gasteiger partial charge < -0.3 is 47.9 Å². The van der Waals surface area contributed by atoms with Crippen LogP contribution in [0, 0.1) is 0 Å². The third-order valence-electron chi connectivity index (χ3n) is 8.19. The van der Waals surface area contributed by atoms with Crippen molar-refractivity contribution in [2.24, 2.45) is 0 Å². The van der Waals surface area contributed by atoms with Gasteiger partial charge in [0.25, 0.3) is 0 Å². The lowest BCUT2D eigenvalue weighted by Gasteiger charge is -2.41. The van der Waals surface area contributed by atoms with E-state index in [0.717, 1.165) is 22.5 Å². The second-order valence-corrected chi connectivity index (χ2v) is 11.3. The molecule has 0 saturated heterocycles. The Hall–Kier alpha value is -4.32. The molecule has 10 nitrogen and oxygen atoms in total. The van der Waals surface area contributed by atoms with Crippen LogP contribution in [0.3, 0.4) is 0 Å². The Morgan fingerprint density at radius 2 is 0.896 bits per heavy atom. The first-order chi connectivity index (χ1) is 23.7. The molecule has 0 aromatic heterocycles. The van der Waals surface area contributed by atoms with Gasteiger partial charge in [-0.25, -0.2) is 0 Å². The molecule has 2 aliphatic heterocycles. The van der Waals surface area contributed by atoms with Gasteiger partial charge in [-0.1, -0.05) is 60.7 Å². The fourth-order valence-electron chi connectivity index (χ4n) is 5.85. The minimum Gasteiger partial charge on any atom is -0.487 e. The lowest BCUT2D eigenvalue weighted by atomic mass is 9.76. The van der Waals surface area contributed by atoms with Gasteiger partial charge in [0.2, 0.25) is 0 Å². The van der Waals surface area contributed by atoms with Crippen LogP contribution in [0.1, 0.15) is 16.7 Å². The average Bonchev–Trinajstić information content (AvgIpc) is 3.12. The number of anilines is 2. The number of rotatable bonds is 1.